The maximum Gasteiger partial charge on any atom is 0.239 e. The molecule has 2 amide bonds. The molecule has 0 spiro atoms. The van der Waals surface area contributed by atoms with Gasteiger partial charge in [0.25, 0.3) is 0 Å². The van der Waals surface area contributed by atoms with E-state index in [-0.39, 0.29) is 21.8 Å². The highest BCUT2D eigenvalue weighted by Gasteiger charge is 2.22. The smallest absolute Gasteiger partial charge is 0.239 e. The molecular weight excluding hydrogens is 391 g/mol. The number of sulfone groups is 1. The minimum Gasteiger partial charge on any atom is -0.489 e. The van der Waals surface area contributed by atoms with E-state index >= 15 is 0 Å². The predicted molar refractivity (Wildman–Crippen MR) is 98.2 cm³/mol. The highest BCUT2D eigenvalue weighted by Crippen LogP contribution is 2.34. The highest BCUT2D eigenvalue weighted by molar-refractivity contribution is 7.92. The summed E-state index contributed by atoms with van der Waals surface area (Å²) in [5.41, 5.74) is 0.167. The number of amides is 2. The fraction of sp³-hybridized carbons (Fsp3) is 0.467. The Morgan fingerprint density at radius 3 is 2.28 bits per heavy atom. The second-order valence-electron chi connectivity index (χ2n) is 5.80. The zero-order valence-electron chi connectivity index (χ0n) is 14.3. The van der Waals surface area contributed by atoms with E-state index in [0.29, 0.717) is 5.75 Å². The standard InChI is InChI=1S/C15H20Cl2N2O5S/c1-9(2)24-13-6-12(10(16)5-11(13)17)18-14(20)7-25(22,23)8-15(21)19(3)4/h5-6,9H,7-8H2,1-4H3,(H,18,20). The van der Waals surface area contributed by atoms with E-state index in [1.54, 1.807) is 13.8 Å². The lowest BCUT2D eigenvalue weighted by Gasteiger charge is -2.15. The minimum absolute atomic E-state index is 0.135. The monoisotopic (exact) mass is 410 g/mol. The van der Waals surface area contributed by atoms with Crippen LogP contribution in [0.1, 0.15) is 13.8 Å². The van der Waals surface area contributed by atoms with Crippen molar-refractivity contribution < 1.29 is 22.7 Å². The molecule has 1 aromatic rings. The Morgan fingerprint density at radius 1 is 1.16 bits per heavy atom. The van der Waals surface area contributed by atoms with E-state index in [2.05, 4.69) is 5.32 Å². The molecule has 0 aliphatic heterocycles. The summed E-state index contributed by atoms with van der Waals surface area (Å²) in [5.74, 6) is -2.70. The Balaban J connectivity index is 2.88. The molecule has 0 aromatic heterocycles. The van der Waals surface area contributed by atoms with E-state index < -0.39 is 33.2 Å². The maximum atomic E-state index is 12.0. The van der Waals surface area contributed by atoms with Crippen LogP contribution in [0, 0.1) is 0 Å². The van der Waals surface area contributed by atoms with Gasteiger partial charge in [0, 0.05) is 20.2 Å². The van der Waals surface area contributed by atoms with Crippen molar-refractivity contribution in [3.63, 3.8) is 0 Å². The molecule has 0 heterocycles. The van der Waals surface area contributed by atoms with E-state index in [9.17, 15) is 18.0 Å². The third kappa shape index (κ3) is 7.09. The first-order valence-corrected chi connectivity index (χ1v) is 9.85. The van der Waals surface area contributed by atoms with Gasteiger partial charge >= 0.3 is 0 Å². The van der Waals surface area contributed by atoms with Gasteiger partial charge in [-0.15, -0.1) is 0 Å². The molecule has 0 saturated heterocycles. The number of hydrogen-bond donors (Lipinski definition) is 1. The molecule has 1 aromatic carbocycles. The molecule has 0 bridgehead atoms. The number of benzene rings is 1. The number of carbonyl (C=O) groups excluding carboxylic acids is 2. The molecule has 0 unspecified atom stereocenters. The lowest BCUT2D eigenvalue weighted by molar-refractivity contribution is -0.125. The van der Waals surface area contributed by atoms with Gasteiger partial charge in [0.15, 0.2) is 9.84 Å². The quantitative estimate of drug-likeness (QED) is 0.743. The summed E-state index contributed by atoms with van der Waals surface area (Å²) in [4.78, 5) is 24.6. The minimum atomic E-state index is -3.90. The van der Waals surface area contributed by atoms with E-state index in [4.69, 9.17) is 27.9 Å². The molecule has 10 heteroatoms. The van der Waals surface area contributed by atoms with Gasteiger partial charge in [0.2, 0.25) is 11.8 Å². The number of rotatable bonds is 7. The number of nitrogens with one attached hydrogen (secondary N) is 1. The molecule has 0 aliphatic rings. The van der Waals surface area contributed by atoms with Crippen LogP contribution < -0.4 is 10.1 Å². The van der Waals surface area contributed by atoms with Crippen LogP contribution in [0.3, 0.4) is 0 Å². The first-order chi connectivity index (χ1) is 11.4. The molecule has 140 valence electrons. The van der Waals surface area contributed by atoms with Gasteiger partial charge in [0.1, 0.15) is 17.3 Å². The van der Waals surface area contributed by atoms with Crippen LogP contribution in [0.2, 0.25) is 10.0 Å². The number of anilines is 1. The van der Waals surface area contributed by atoms with Crippen molar-refractivity contribution >= 4 is 50.5 Å². The van der Waals surface area contributed by atoms with Crippen LogP contribution in [0.5, 0.6) is 5.75 Å². The fourth-order valence-electron chi connectivity index (χ4n) is 1.72. The molecule has 0 atom stereocenters. The summed E-state index contributed by atoms with van der Waals surface area (Å²) in [6.07, 6.45) is -0.153. The number of carbonyl (C=O) groups is 2. The molecule has 25 heavy (non-hydrogen) atoms. The third-order valence-electron chi connectivity index (χ3n) is 2.85. The Hall–Kier alpha value is -1.51. The summed E-state index contributed by atoms with van der Waals surface area (Å²) in [6.45, 7) is 3.61. The zero-order chi connectivity index (χ0) is 19.4. The Kier molecular flexibility index (Phi) is 7.52. The van der Waals surface area contributed by atoms with Crippen molar-refractivity contribution in [2.45, 2.75) is 20.0 Å². The molecule has 0 aliphatic carbocycles. The van der Waals surface area contributed by atoms with Gasteiger partial charge in [-0.2, -0.15) is 0 Å². The molecule has 0 radical (unpaired) electrons. The summed E-state index contributed by atoms with van der Waals surface area (Å²) in [5, 5.41) is 2.80. The predicted octanol–water partition coefficient (Wildman–Crippen LogP) is 2.22. The SMILES string of the molecule is CC(C)Oc1cc(NC(=O)CS(=O)(=O)CC(=O)N(C)C)c(Cl)cc1Cl. The summed E-state index contributed by atoms with van der Waals surface area (Å²) < 4.78 is 29.3. The van der Waals surface area contributed by atoms with Gasteiger partial charge in [-0.3, -0.25) is 9.59 Å². The van der Waals surface area contributed by atoms with E-state index in [1.165, 1.54) is 26.2 Å². The second kappa shape index (κ2) is 8.73. The Morgan fingerprint density at radius 2 is 1.76 bits per heavy atom. The number of hydrogen-bond acceptors (Lipinski definition) is 5. The van der Waals surface area contributed by atoms with E-state index in [1.807, 2.05) is 0 Å². The zero-order valence-corrected chi connectivity index (χ0v) is 16.6. The van der Waals surface area contributed by atoms with Crippen LogP contribution in [0.25, 0.3) is 0 Å². The van der Waals surface area contributed by atoms with Crippen molar-refractivity contribution in [2.75, 3.05) is 30.9 Å². The lowest BCUT2D eigenvalue weighted by atomic mass is 10.3. The molecule has 1 rings (SSSR count). The van der Waals surface area contributed by atoms with Crippen LogP contribution in [-0.4, -0.2) is 56.8 Å². The van der Waals surface area contributed by atoms with Crippen LogP contribution in [-0.2, 0) is 19.4 Å². The van der Waals surface area contributed by atoms with Crippen molar-refractivity contribution in [3.8, 4) is 5.75 Å². The average Bonchev–Trinajstić information content (AvgIpc) is 2.42. The van der Waals surface area contributed by atoms with Crippen molar-refractivity contribution in [1.29, 1.82) is 0 Å². The van der Waals surface area contributed by atoms with Crippen LogP contribution in [0.15, 0.2) is 12.1 Å². The first-order valence-electron chi connectivity index (χ1n) is 7.27. The number of nitrogens with zero attached hydrogens (tertiary/aromatic N) is 1. The van der Waals surface area contributed by atoms with Gasteiger partial charge in [-0.05, 0) is 19.9 Å². The van der Waals surface area contributed by atoms with E-state index in [0.717, 1.165) is 4.90 Å². The topological polar surface area (TPSA) is 92.8 Å². The van der Waals surface area contributed by atoms with Gasteiger partial charge in [-0.25, -0.2) is 8.42 Å². The first kappa shape index (κ1) is 21.5. The molecule has 7 nitrogen and oxygen atoms in total. The van der Waals surface area contributed by atoms with Crippen molar-refractivity contribution in [1.82, 2.24) is 4.90 Å². The fourth-order valence-corrected chi connectivity index (χ4v) is 3.41. The van der Waals surface area contributed by atoms with Crippen LogP contribution in [0.4, 0.5) is 5.69 Å². The lowest BCUT2D eigenvalue weighted by Crippen LogP contribution is -2.33. The largest absolute Gasteiger partial charge is 0.489 e. The van der Waals surface area contributed by atoms with Gasteiger partial charge < -0.3 is 15.0 Å². The maximum absolute atomic E-state index is 12.0. The summed E-state index contributed by atoms with van der Waals surface area (Å²) >= 11 is 12.0. The normalized spacial score (nSPS) is 11.3. The van der Waals surface area contributed by atoms with Crippen LogP contribution >= 0.6 is 23.2 Å². The summed E-state index contributed by atoms with van der Waals surface area (Å²) in [7, 11) is -1.03. The number of halogens is 2. The second-order valence-corrected chi connectivity index (χ2v) is 8.68. The molecule has 0 fully saturated rings. The Bertz CT molecular complexity index is 763. The van der Waals surface area contributed by atoms with Gasteiger partial charge in [-0.1, -0.05) is 23.2 Å². The average molecular weight is 411 g/mol. The molecule has 1 N–H and O–H groups in total. The third-order valence-corrected chi connectivity index (χ3v) is 4.85. The molecular formula is C15H20Cl2N2O5S. The van der Waals surface area contributed by atoms with Crippen molar-refractivity contribution in [2.24, 2.45) is 0 Å². The summed E-state index contributed by atoms with van der Waals surface area (Å²) in [6, 6.07) is 2.81. The Labute approximate surface area is 157 Å². The number of ether oxygens (including phenoxy) is 1. The van der Waals surface area contributed by atoms with Crippen molar-refractivity contribution in [3.05, 3.63) is 22.2 Å². The highest BCUT2D eigenvalue weighted by atomic mass is 35.5. The van der Waals surface area contributed by atoms with Gasteiger partial charge in [0.05, 0.1) is 21.8 Å². The molecule has 0 saturated carbocycles.